The SMILES string of the molecule is [2H]C([2H])([2H])C(c1cc(CN(c2ccc(C(C)(C)CC)cc2-c2ccccc2)c2cccc(-c3cc(-c4cc(-c5ccc(-c6ccccc6)cc5)ccn4)cc(C(C)(C)C)c3)c2N)c(O)c(C(C([2H])([2H])[2H])(C([2H])([2H])[2H])C([2H])([2H])[2H])c1)(C([2H])([2H])[2H])C([2H])([2H])[2H]. The Hall–Kier alpha value is -6.91. The molecule has 0 aliphatic carbocycles. The Labute approximate surface area is 438 Å². The number of nitrogens with two attached hydrogens (primary N) is 1. The van der Waals surface area contributed by atoms with Gasteiger partial charge in [-0.1, -0.05) is 198 Å². The van der Waals surface area contributed by atoms with E-state index >= 15 is 0 Å². The molecule has 0 unspecified atom stereocenters. The van der Waals surface area contributed by atoms with Gasteiger partial charge in [-0.15, -0.1) is 0 Å². The first kappa shape index (κ1) is 30.6. The molecule has 352 valence electrons. The fourth-order valence-electron chi connectivity index (χ4n) is 8.69. The van der Waals surface area contributed by atoms with Crippen molar-refractivity contribution in [2.45, 2.75) is 117 Å². The third-order valence-electron chi connectivity index (χ3n) is 13.3. The maximum absolute atomic E-state index is 12.9. The van der Waals surface area contributed by atoms with Crippen LogP contribution in [0.5, 0.6) is 5.75 Å². The van der Waals surface area contributed by atoms with Gasteiger partial charge in [-0.2, -0.15) is 0 Å². The minimum absolute atomic E-state index is 0.117. The molecule has 0 radical (unpaired) electrons. The van der Waals surface area contributed by atoms with Crippen LogP contribution in [0.4, 0.5) is 17.1 Å². The molecule has 0 atom stereocenters. The zero-order valence-corrected chi connectivity index (χ0v) is 40.0. The summed E-state index contributed by atoms with van der Waals surface area (Å²) in [5.74, 6) is -1.29. The molecule has 0 spiro atoms. The van der Waals surface area contributed by atoms with Gasteiger partial charge in [-0.25, -0.2) is 0 Å². The van der Waals surface area contributed by atoms with Crippen molar-refractivity contribution < 1.29 is 29.8 Å². The third-order valence-corrected chi connectivity index (χ3v) is 13.3. The van der Waals surface area contributed by atoms with Gasteiger partial charge < -0.3 is 15.7 Å². The molecule has 0 amide bonds. The van der Waals surface area contributed by atoms with Crippen molar-refractivity contribution in [2.75, 3.05) is 10.6 Å². The fourth-order valence-corrected chi connectivity index (χ4v) is 8.69. The Bertz CT molecular complexity index is 3710. The van der Waals surface area contributed by atoms with Crippen molar-refractivity contribution in [3.05, 3.63) is 198 Å². The number of benzene rings is 7. The first-order valence-electron chi connectivity index (χ1n) is 32.1. The Morgan fingerprint density at radius 3 is 1.75 bits per heavy atom. The number of anilines is 3. The molecule has 0 bridgehead atoms. The highest BCUT2D eigenvalue weighted by molar-refractivity contribution is 5.93. The number of rotatable bonds is 11. The van der Waals surface area contributed by atoms with Gasteiger partial charge in [-0.05, 0) is 132 Å². The standard InChI is InChI=1S/C65H71N3O/c1-13-65(11,12)51-31-32-58(55(40-51)46-23-18-15-19-24-46)68(42-50-38-53(63(5,6)7)41-56(61(50)69)64(8,9)10)59-26-20-25-54(60(59)66)48-35-49(37-52(36-48)62(2,3)4)57-39-47(33-34-67-57)45-29-27-44(28-30-45)43-21-16-14-17-22-43/h14-41,69H,13,42,66H2,1-12H3/i5D3,6D3,7D3,8D3,9D3,10D3. The van der Waals surface area contributed by atoms with Gasteiger partial charge in [0.05, 0.1) is 23.6 Å². The highest BCUT2D eigenvalue weighted by Crippen LogP contribution is 2.47. The maximum Gasteiger partial charge on any atom is 0.124 e. The summed E-state index contributed by atoms with van der Waals surface area (Å²) >= 11 is 0. The zero-order valence-electron chi connectivity index (χ0n) is 58.0. The lowest BCUT2D eigenvalue weighted by Crippen LogP contribution is -2.23. The van der Waals surface area contributed by atoms with Crippen molar-refractivity contribution in [2.24, 2.45) is 0 Å². The quantitative estimate of drug-likeness (QED) is 0.127. The average molecular weight is 928 g/mol. The van der Waals surface area contributed by atoms with Crippen LogP contribution in [0.1, 0.15) is 142 Å². The minimum Gasteiger partial charge on any atom is -0.507 e. The second kappa shape index (κ2) is 18.9. The molecular formula is C65H71N3O. The fraction of sp³-hybridized carbons (Fsp3) is 0.277. The summed E-state index contributed by atoms with van der Waals surface area (Å²) in [6.07, 6.45) is 2.45. The van der Waals surface area contributed by atoms with E-state index in [1.54, 1.807) is 35.4 Å². The van der Waals surface area contributed by atoms with Crippen molar-refractivity contribution in [3.63, 3.8) is 0 Å². The van der Waals surface area contributed by atoms with Gasteiger partial charge in [0.15, 0.2) is 0 Å². The molecular weight excluding hydrogens is 839 g/mol. The Morgan fingerprint density at radius 1 is 0.507 bits per heavy atom. The Kier molecular flexibility index (Phi) is 8.36. The first-order valence-corrected chi connectivity index (χ1v) is 23.1. The normalized spacial score (nSPS) is 17.2. The number of phenols is 1. The first-order chi connectivity index (χ1) is 40.1. The predicted octanol–water partition coefficient (Wildman–Crippen LogP) is 17.6. The van der Waals surface area contributed by atoms with E-state index in [-0.39, 0.29) is 11.4 Å². The number of nitrogen functional groups attached to an aromatic ring is 1. The largest absolute Gasteiger partial charge is 0.507 e. The molecule has 69 heavy (non-hydrogen) atoms. The van der Waals surface area contributed by atoms with Crippen LogP contribution >= 0.6 is 0 Å². The number of pyridine rings is 1. The molecule has 3 N–H and O–H groups in total. The minimum atomic E-state index is -4.11. The van der Waals surface area contributed by atoms with E-state index in [0.717, 1.165) is 45.0 Å². The molecule has 8 rings (SSSR count). The summed E-state index contributed by atoms with van der Waals surface area (Å²) < 4.78 is 158. The predicted molar refractivity (Wildman–Crippen MR) is 296 cm³/mol. The molecule has 4 nitrogen and oxygen atoms in total. The Morgan fingerprint density at radius 2 is 1.12 bits per heavy atom. The van der Waals surface area contributed by atoms with E-state index in [0.29, 0.717) is 46.1 Å². The highest BCUT2D eigenvalue weighted by atomic mass is 16.3. The van der Waals surface area contributed by atoms with Crippen LogP contribution in [-0.2, 0) is 28.2 Å². The summed E-state index contributed by atoms with van der Waals surface area (Å²) in [6, 6.07) is 49.3. The lowest BCUT2D eigenvalue weighted by atomic mass is 9.78. The van der Waals surface area contributed by atoms with Crippen LogP contribution in [0.2, 0.25) is 0 Å². The van der Waals surface area contributed by atoms with Crippen LogP contribution in [0, 0.1) is 0 Å². The van der Waals surface area contributed by atoms with Gasteiger partial charge >= 0.3 is 0 Å². The number of phenolic OH excluding ortho intramolecular Hbond substituents is 1. The molecule has 0 saturated heterocycles. The molecule has 1 heterocycles. The summed E-state index contributed by atoms with van der Waals surface area (Å²) in [7, 11) is 0. The van der Waals surface area contributed by atoms with E-state index in [9.17, 15) is 5.11 Å². The molecule has 0 aliphatic heterocycles. The van der Waals surface area contributed by atoms with E-state index in [1.807, 2.05) is 91.9 Å². The molecule has 0 fully saturated rings. The summed E-state index contributed by atoms with van der Waals surface area (Å²) in [6.45, 7) is -12.8. The lowest BCUT2D eigenvalue weighted by molar-refractivity contribution is 0.438. The van der Waals surface area contributed by atoms with Crippen LogP contribution in [-0.4, -0.2) is 10.1 Å². The van der Waals surface area contributed by atoms with E-state index in [4.69, 9.17) is 35.4 Å². The molecule has 7 aromatic carbocycles. The van der Waals surface area contributed by atoms with Gasteiger partial charge in [0.25, 0.3) is 0 Å². The van der Waals surface area contributed by atoms with Gasteiger partial charge in [0, 0.05) is 58.8 Å². The van der Waals surface area contributed by atoms with Gasteiger partial charge in [-0.3, -0.25) is 4.98 Å². The Balaban J connectivity index is 1.46. The summed E-state index contributed by atoms with van der Waals surface area (Å²) in [5.41, 5.74) is 5.63. The van der Waals surface area contributed by atoms with Gasteiger partial charge in [0.2, 0.25) is 0 Å². The molecule has 0 aliphatic rings. The number of hydrogen-bond acceptors (Lipinski definition) is 4. The van der Waals surface area contributed by atoms with Crippen molar-refractivity contribution in [3.8, 4) is 61.5 Å². The average Bonchev–Trinajstić information content (AvgIpc) is 0.697. The van der Waals surface area contributed by atoms with Crippen LogP contribution in [0.25, 0.3) is 55.8 Å². The number of para-hydroxylation sites is 1. The third kappa shape index (κ3) is 10.4. The smallest absolute Gasteiger partial charge is 0.124 e. The lowest BCUT2D eigenvalue weighted by Gasteiger charge is -2.33. The second-order valence-electron chi connectivity index (χ2n) is 19.6. The maximum atomic E-state index is 12.9. The summed E-state index contributed by atoms with van der Waals surface area (Å²) in [4.78, 5) is 6.44. The van der Waals surface area contributed by atoms with Crippen LogP contribution in [0.3, 0.4) is 0 Å². The summed E-state index contributed by atoms with van der Waals surface area (Å²) in [5, 5.41) is 12.9. The number of aromatic nitrogens is 1. The molecule has 0 saturated carbocycles. The molecule has 4 heteroatoms. The van der Waals surface area contributed by atoms with E-state index in [2.05, 4.69) is 77.1 Å². The zero-order chi connectivity index (χ0) is 64.5. The van der Waals surface area contributed by atoms with E-state index < -0.39 is 91.8 Å². The number of hydrogen-bond donors (Lipinski definition) is 2. The monoisotopic (exact) mass is 928 g/mol. The van der Waals surface area contributed by atoms with Crippen molar-refractivity contribution in [1.82, 2.24) is 4.98 Å². The second-order valence-corrected chi connectivity index (χ2v) is 19.6. The van der Waals surface area contributed by atoms with E-state index in [1.165, 1.54) is 0 Å². The van der Waals surface area contributed by atoms with Crippen molar-refractivity contribution >= 4 is 17.1 Å². The number of nitrogens with zero attached hydrogens (tertiary/aromatic N) is 2. The van der Waals surface area contributed by atoms with Crippen LogP contribution < -0.4 is 10.6 Å². The van der Waals surface area contributed by atoms with Crippen molar-refractivity contribution in [1.29, 1.82) is 0 Å². The van der Waals surface area contributed by atoms with Gasteiger partial charge in [0.1, 0.15) is 5.75 Å². The van der Waals surface area contributed by atoms with Crippen LogP contribution in [0.15, 0.2) is 170 Å². The molecule has 1 aromatic heterocycles. The molecule has 8 aromatic rings. The highest BCUT2D eigenvalue weighted by Gasteiger charge is 2.29. The topological polar surface area (TPSA) is 62.4 Å². The number of aromatic hydroxyl groups is 1.